The van der Waals surface area contributed by atoms with Crippen LogP contribution in [0.25, 0.3) is 0 Å². The summed E-state index contributed by atoms with van der Waals surface area (Å²) in [6.45, 7) is 4.01. The van der Waals surface area contributed by atoms with Crippen LogP contribution in [0.4, 0.5) is 4.79 Å². The van der Waals surface area contributed by atoms with Crippen molar-refractivity contribution in [1.29, 1.82) is 0 Å². The van der Waals surface area contributed by atoms with Gasteiger partial charge in [-0.25, -0.2) is 4.79 Å². The lowest BCUT2D eigenvalue weighted by molar-refractivity contribution is -0.145. The molecule has 23 heavy (non-hydrogen) atoms. The number of nitrogens with one attached hydrogen (secondary N) is 1. The van der Waals surface area contributed by atoms with Crippen LogP contribution in [0, 0.1) is 0 Å². The molecule has 1 aromatic carbocycles. The molecule has 0 radical (unpaired) electrons. The van der Waals surface area contributed by atoms with Gasteiger partial charge in [0, 0.05) is 25.9 Å². The fourth-order valence-electron chi connectivity index (χ4n) is 2.72. The number of amides is 2. The van der Waals surface area contributed by atoms with E-state index in [1.807, 2.05) is 30.3 Å². The third kappa shape index (κ3) is 4.10. The Kier molecular flexibility index (Phi) is 5.39. The summed E-state index contributed by atoms with van der Waals surface area (Å²) in [6.07, 6.45) is 1.44. The lowest BCUT2D eigenvalue weighted by Crippen LogP contribution is -2.55. The van der Waals surface area contributed by atoms with Crippen molar-refractivity contribution in [2.45, 2.75) is 30.9 Å². The van der Waals surface area contributed by atoms with E-state index in [1.54, 1.807) is 6.08 Å². The topological polar surface area (TPSA) is 89.9 Å². The fraction of sp³-hybridized carbons (Fsp3) is 0.412. The van der Waals surface area contributed by atoms with Crippen LogP contribution in [-0.2, 0) is 4.79 Å². The number of hydrogen-bond donors (Lipinski definition) is 3. The Labute approximate surface area is 135 Å². The average Bonchev–Trinajstić information content (AvgIpc) is 2.55. The number of aliphatic hydroxyl groups is 1. The van der Waals surface area contributed by atoms with E-state index in [4.69, 9.17) is 5.11 Å². The zero-order valence-electron chi connectivity index (χ0n) is 12.9. The van der Waals surface area contributed by atoms with Gasteiger partial charge in [0.2, 0.25) is 0 Å². The Hall–Kier alpha value is -2.34. The summed E-state index contributed by atoms with van der Waals surface area (Å²) in [5, 5.41) is 22.4. The first-order valence-corrected chi connectivity index (χ1v) is 7.63. The van der Waals surface area contributed by atoms with E-state index in [2.05, 4.69) is 11.9 Å². The summed E-state index contributed by atoms with van der Waals surface area (Å²) in [5.41, 5.74) is -0.590. The molecule has 0 aliphatic carbocycles. The first-order valence-electron chi connectivity index (χ1n) is 7.63. The maximum atomic E-state index is 12.5. The second kappa shape index (κ2) is 7.28. The Balaban J connectivity index is 2.04. The molecule has 1 aromatic rings. The fourth-order valence-corrected chi connectivity index (χ4v) is 2.72. The third-order valence-electron chi connectivity index (χ3n) is 4.19. The van der Waals surface area contributed by atoms with Crippen LogP contribution in [0.2, 0.25) is 0 Å². The van der Waals surface area contributed by atoms with Gasteiger partial charge >= 0.3 is 6.09 Å². The molecule has 0 aromatic heterocycles. The number of hydrogen-bond acceptors (Lipinski definition) is 3. The van der Waals surface area contributed by atoms with E-state index in [0.717, 1.165) is 5.56 Å². The second-order valence-electron chi connectivity index (χ2n) is 5.76. The van der Waals surface area contributed by atoms with Gasteiger partial charge in [0.25, 0.3) is 5.91 Å². The summed E-state index contributed by atoms with van der Waals surface area (Å²) in [5.74, 6) is -0.460. The largest absolute Gasteiger partial charge is 0.465 e. The molecule has 3 N–H and O–H groups in total. The van der Waals surface area contributed by atoms with Crippen molar-refractivity contribution in [3.8, 4) is 0 Å². The maximum absolute atomic E-state index is 12.5. The molecular formula is C17H22N2O4. The van der Waals surface area contributed by atoms with E-state index in [0.29, 0.717) is 6.42 Å². The van der Waals surface area contributed by atoms with Crippen LogP contribution in [0.5, 0.6) is 0 Å². The summed E-state index contributed by atoms with van der Waals surface area (Å²) >= 11 is 0. The molecule has 1 atom stereocenters. The summed E-state index contributed by atoms with van der Waals surface area (Å²) in [6, 6.07) is 9.22. The molecule has 2 amide bonds. The van der Waals surface area contributed by atoms with Gasteiger partial charge in [0.15, 0.2) is 0 Å². The number of carboxylic acid groups (broad SMARTS) is 1. The maximum Gasteiger partial charge on any atom is 0.407 e. The average molecular weight is 318 g/mol. The number of carbonyl (C=O) groups excluding carboxylic acids is 1. The molecule has 6 heteroatoms. The molecule has 1 aliphatic rings. The highest BCUT2D eigenvalue weighted by Crippen LogP contribution is 2.25. The molecule has 1 unspecified atom stereocenters. The van der Waals surface area contributed by atoms with Crippen molar-refractivity contribution >= 4 is 12.0 Å². The van der Waals surface area contributed by atoms with Crippen molar-refractivity contribution in [1.82, 2.24) is 10.2 Å². The van der Waals surface area contributed by atoms with Crippen molar-refractivity contribution < 1.29 is 19.8 Å². The minimum Gasteiger partial charge on any atom is -0.465 e. The van der Waals surface area contributed by atoms with Crippen molar-refractivity contribution in [2.75, 3.05) is 13.1 Å². The van der Waals surface area contributed by atoms with Crippen molar-refractivity contribution in [3.63, 3.8) is 0 Å². The van der Waals surface area contributed by atoms with Crippen LogP contribution in [0.15, 0.2) is 43.0 Å². The molecule has 2 rings (SSSR count). The highest BCUT2D eigenvalue weighted by atomic mass is 16.4. The molecule has 0 saturated carbocycles. The number of benzene rings is 1. The van der Waals surface area contributed by atoms with Gasteiger partial charge in [-0.2, -0.15) is 0 Å². The normalized spacial score (nSPS) is 18.0. The van der Waals surface area contributed by atoms with E-state index >= 15 is 0 Å². The van der Waals surface area contributed by atoms with Crippen LogP contribution in [0.1, 0.15) is 30.9 Å². The van der Waals surface area contributed by atoms with Gasteiger partial charge in [-0.3, -0.25) is 4.79 Å². The summed E-state index contributed by atoms with van der Waals surface area (Å²) in [7, 11) is 0. The highest BCUT2D eigenvalue weighted by Gasteiger charge is 2.41. The number of carbonyl (C=O) groups is 2. The predicted octanol–water partition coefficient (Wildman–Crippen LogP) is 1.92. The Morgan fingerprint density at radius 2 is 1.91 bits per heavy atom. The van der Waals surface area contributed by atoms with Crippen LogP contribution >= 0.6 is 0 Å². The molecule has 1 aliphatic heterocycles. The molecule has 0 bridgehead atoms. The quantitative estimate of drug-likeness (QED) is 0.724. The zero-order chi connectivity index (χ0) is 16.9. The molecule has 0 spiro atoms. The van der Waals surface area contributed by atoms with Gasteiger partial charge in [-0.1, -0.05) is 36.4 Å². The van der Waals surface area contributed by atoms with Gasteiger partial charge in [-0.05, 0) is 12.0 Å². The lowest BCUT2D eigenvalue weighted by Gasteiger charge is -2.36. The molecular weight excluding hydrogens is 296 g/mol. The predicted molar refractivity (Wildman–Crippen MR) is 85.9 cm³/mol. The van der Waals surface area contributed by atoms with E-state index in [-0.39, 0.29) is 32.0 Å². The first-order chi connectivity index (χ1) is 11.0. The number of nitrogens with zero attached hydrogens (tertiary/aromatic N) is 1. The van der Waals surface area contributed by atoms with E-state index in [9.17, 15) is 14.7 Å². The van der Waals surface area contributed by atoms with E-state index < -0.39 is 17.6 Å². The van der Waals surface area contributed by atoms with Gasteiger partial charge in [-0.15, -0.1) is 6.58 Å². The van der Waals surface area contributed by atoms with Gasteiger partial charge in [0.1, 0.15) is 5.60 Å². The van der Waals surface area contributed by atoms with E-state index in [1.165, 1.54) is 4.90 Å². The number of rotatable bonds is 5. The lowest BCUT2D eigenvalue weighted by atomic mass is 9.89. The minimum absolute atomic E-state index is 0.0979. The molecule has 1 heterocycles. The standard InChI is InChI=1S/C17H22N2O4/c1-2-6-14(13-7-4-3-5-8-13)18-15(20)17(23)9-11-19(12-10-17)16(21)22/h2-5,7-8,14,23H,1,6,9-12H2,(H,18,20)(H,21,22). The second-order valence-corrected chi connectivity index (χ2v) is 5.76. The SMILES string of the molecule is C=CCC(NC(=O)C1(O)CCN(C(=O)O)CC1)c1ccccc1. The van der Waals surface area contributed by atoms with Crippen LogP contribution in [-0.4, -0.2) is 45.8 Å². The van der Waals surface area contributed by atoms with Crippen molar-refractivity contribution in [2.24, 2.45) is 0 Å². The number of piperidine rings is 1. The van der Waals surface area contributed by atoms with Crippen molar-refractivity contribution in [3.05, 3.63) is 48.6 Å². The van der Waals surface area contributed by atoms with Crippen LogP contribution in [0.3, 0.4) is 0 Å². The summed E-state index contributed by atoms with van der Waals surface area (Å²) in [4.78, 5) is 24.6. The van der Waals surface area contributed by atoms with Crippen LogP contribution < -0.4 is 5.32 Å². The molecule has 6 nitrogen and oxygen atoms in total. The molecule has 1 fully saturated rings. The molecule has 1 saturated heterocycles. The van der Waals surface area contributed by atoms with Gasteiger partial charge < -0.3 is 20.4 Å². The number of likely N-dealkylation sites (tertiary alicyclic amines) is 1. The smallest absolute Gasteiger partial charge is 0.407 e. The monoisotopic (exact) mass is 318 g/mol. The Morgan fingerprint density at radius 1 is 1.30 bits per heavy atom. The Morgan fingerprint density at radius 3 is 2.43 bits per heavy atom. The first kappa shape index (κ1) is 17.0. The summed E-state index contributed by atoms with van der Waals surface area (Å²) < 4.78 is 0. The highest BCUT2D eigenvalue weighted by molar-refractivity contribution is 5.85. The zero-order valence-corrected chi connectivity index (χ0v) is 12.9. The Bertz CT molecular complexity index is 565. The van der Waals surface area contributed by atoms with Gasteiger partial charge in [0.05, 0.1) is 6.04 Å². The minimum atomic E-state index is -1.53. The molecule has 124 valence electrons. The third-order valence-corrected chi connectivity index (χ3v) is 4.19.